The molecule has 1 heterocycles. The molecule has 0 saturated heterocycles. The molecule has 0 spiro atoms. The van der Waals surface area contributed by atoms with Crippen LogP contribution >= 0.6 is 11.8 Å². The molecular weight excluding hydrogens is 312 g/mol. The summed E-state index contributed by atoms with van der Waals surface area (Å²) < 4.78 is 10.9. The zero-order valence-corrected chi connectivity index (χ0v) is 14.9. The molecule has 1 aromatic carbocycles. The summed E-state index contributed by atoms with van der Waals surface area (Å²) in [5.41, 5.74) is 5.49. The van der Waals surface area contributed by atoms with Crippen molar-refractivity contribution in [1.29, 1.82) is 0 Å². The Balaban J connectivity index is 2.40. The van der Waals surface area contributed by atoms with E-state index in [1.165, 1.54) is 0 Å². The Kier molecular flexibility index (Phi) is 5.71. The van der Waals surface area contributed by atoms with Crippen LogP contribution in [0.3, 0.4) is 0 Å². The maximum Gasteiger partial charge on any atom is 0.240 e. The molecule has 1 aromatic rings. The number of carbonyl (C=O) groups is 1. The van der Waals surface area contributed by atoms with Crippen LogP contribution in [0, 0.1) is 5.92 Å². The molecule has 1 atom stereocenters. The topological polar surface area (TPSA) is 59.9 Å². The number of amides is 1. The molecule has 1 unspecified atom stereocenters. The maximum absolute atomic E-state index is 11.4. The van der Waals surface area contributed by atoms with Crippen LogP contribution in [0.15, 0.2) is 27.7 Å². The minimum absolute atomic E-state index is 0.0372. The van der Waals surface area contributed by atoms with Crippen LogP contribution in [0.2, 0.25) is 0 Å². The lowest BCUT2D eigenvalue weighted by atomic mass is 9.93. The minimum Gasteiger partial charge on any atom is -0.493 e. The number of nitrogens with zero attached hydrogens (tertiary/aromatic N) is 1. The quantitative estimate of drug-likeness (QED) is 0.839. The fourth-order valence-corrected chi connectivity index (χ4v) is 3.26. The zero-order valence-electron chi connectivity index (χ0n) is 14.1. The van der Waals surface area contributed by atoms with Crippen molar-refractivity contribution >= 4 is 29.5 Å². The first-order valence-electron chi connectivity index (χ1n) is 7.35. The Bertz CT molecular complexity index is 643. The number of methoxy groups -OCH3 is 2. The third-order valence-corrected chi connectivity index (χ3v) is 4.48. The normalized spacial score (nSPS) is 18.3. The first-order chi connectivity index (χ1) is 11.0. The predicted molar refractivity (Wildman–Crippen MR) is 94.3 cm³/mol. The van der Waals surface area contributed by atoms with Gasteiger partial charge in [0.05, 0.1) is 24.8 Å². The number of hydrogen-bond donors (Lipinski definition) is 1. The molecule has 1 aliphatic rings. The van der Waals surface area contributed by atoms with Crippen molar-refractivity contribution in [3.63, 3.8) is 0 Å². The fraction of sp³-hybridized carbons (Fsp3) is 0.412. The predicted octanol–water partition coefficient (Wildman–Crippen LogP) is 3.34. The maximum atomic E-state index is 11.4. The number of rotatable bonds is 5. The van der Waals surface area contributed by atoms with Gasteiger partial charge in [-0.25, -0.2) is 5.43 Å². The monoisotopic (exact) mass is 334 g/mol. The van der Waals surface area contributed by atoms with Crippen LogP contribution in [-0.4, -0.2) is 32.1 Å². The molecule has 0 aromatic heterocycles. The van der Waals surface area contributed by atoms with E-state index < -0.39 is 0 Å². The first kappa shape index (κ1) is 17.4. The van der Waals surface area contributed by atoms with Gasteiger partial charge in [0.1, 0.15) is 0 Å². The molecule has 1 aliphatic heterocycles. The Morgan fingerprint density at radius 2 is 2.13 bits per heavy atom. The molecule has 23 heavy (non-hydrogen) atoms. The number of ether oxygens (including phenoxy) is 2. The summed E-state index contributed by atoms with van der Waals surface area (Å²) in [7, 11) is 3.27. The summed E-state index contributed by atoms with van der Waals surface area (Å²) in [6.45, 7) is 4.01. The Labute approximate surface area is 141 Å². The average molecular weight is 334 g/mol. The third-order valence-electron chi connectivity index (χ3n) is 3.73. The largest absolute Gasteiger partial charge is 0.493 e. The molecule has 0 saturated carbocycles. The number of hydrogen-bond acceptors (Lipinski definition) is 5. The molecule has 1 N–H and O–H groups in total. The van der Waals surface area contributed by atoms with E-state index in [1.54, 1.807) is 26.0 Å². The van der Waals surface area contributed by atoms with Crippen molar-refractivity contribution in [2.45, 2.75) is 25.2 Å². The second kappa shape index (κ2) is 7.55. The van der Waals surface area contributed by atoms with Crippen LogP contribution in [0.4, 0.5) is 0 Å². The van der Waals surface area contributed by atoms with Gasteiger partial charge < -0.3 is 9.47 Å². The van der Waals surface area contributed by atoms with E-state index in [4.69, 9.17) is 9.47 Å². The standard InChI is InChI=1S/C17H22N2O3S/c1-10(16-11(2)7-15(20)18-19-16)6-12-8-13(21-3)17(22-4)14(9-12)23-5/h6,8-9,11H,7H2,1-5H3,(H,18,20). The number of carbonyl (C=O) groups excluding carboxylic acids is 1. The zero-order chi connectivity index (χ0) is 17.0. The third kappa shape index (κ3) is 3.88. The summed E-state index contributed by atoms with van der Waals surface area (Å²) in [6.07, 6.45) is 4.51. The molecular formula is C17H22N2O3S. The van der Waals surface area contributed by atoms with E-state index in [2.05, 4.69) is 22.7 Å². The summed E-state index contributed by atoms with van der Waals surface area (Å²) in [5.74, 6) is 1.51. The van der Waals surface area contributed by atoms with E-state index in [0.717, 1.165) is 27.5 Å². The van der Waals surface area contributed by atoms with Crippen LogP contribution in [0.25, 0.3) is 6.08 Å². The fourth-order valence-electron chi connectivity index (χ4n) is 2.64. The highest BCUT2D eigenvalue weighted by atomic mass is 32.2. The average Bonchev–Trinajstić information content (AvgIpc) is 2.53. The molecule has 6 heteroatoms. The van der Waals surface area contributed by atoms with Gasteiger partial charge in [0, 0.05) is 12.3 Å². The molecule has 0 aliphatic carbocycles. The number of allylic oxidation sites excluding steroid dienone is 1. The van der Waals surface area contributed by atoms with Gasteiger partial charge in [-0.1, -0.05) is 6.92 Å². The van der Waals surface area contributed by atoms with Gasteiger partial charge in [-0.3, -0.25) is 4.79 Å². The van der Waals surface area contributed by atoms with Gasteiger partial charge in [-0.15, -0.1) is 11.8 Å². The van der Waals surface area contributed by atoms with E-state index in [9.17, 15) is 4.79 Å². The highest BCUT2D eigenvalue weighted by Gasteiger charge is 2.21. The molecule has 2 rings (SSSR count). The van der Waals surface area contributed by atoms with Crippen LogP contribution < -0.4 is 14.9 Å². The number of nitrogens with one attached hydrogen (secondary N) is 1. The van der Waals surface area contributed by atoms with E-state index >= 15 is 0 Å². The summed E-state index contributed by atoms with van der Waals surface area (Å²) in [5, 5.41) is 4.19. The van der Waals surface area contributed by atoms with Crippen molar-refractivity contribution in [2.75, 3.05) is 20.5 Å². The van der Waals surface area contributed by atoms with Gasteiger partial charge in [0.25, 0.3) is 0 Å². The van der Waals surface area contributed by atoms with Gasteiger partial charge >= 0.3 is 0 Å². The summed E-state index contributed by atoms with van der Waals surface area (Å²) in [6, 6.07) is 4.00. The SMILES string of the molecule is COc1cc(C=C(C)C2=NNC(=O)CC2C)cc(SC)c1OC. The van der Waals surface area contributed by atoms with Crippen molar-refractivity contribution in [3.05, 3.63) is 23.3 Å². The first-order valence-corrected chi connectivity index (χ1v) is 8.57. The molecule has 0 radical (unpaired) electrons. The van der Waals surface area contributed by atoms with Gasteiger partial charge in [0.2, 0.25) is 5.91 Å². The lowest BCUT2D eigenvalue weighted by Crippen LogP contribution is -2.31. The lowest BCUT2D eigenvalue weighted by molar-refractivity contribution is -0.121. The Morgan fingerprint density at radius 1 is 1.39 bits per heavy atom. The second-order valence-corrected chi connectivity index (χ2v) is 6.27. The smallest absolute Gasteiger partial charge is 0.240 e. The molecule has 124 valence electrons. The molecule has 0 bridgehead atoms. The van der Waals surface area contributed by atoms with Crippen molar-refractivity contribution in [3.8, 4) is 11.5 Å². The number of hydrazone groups is 1. The van der Waals surface area contributed by atoms with Crippen LogP contribution in [-0.2, 0) is 4.79 Å². The lowest BCUT2D eigenvalue weighted by Gasteiger charge is -2.19. The molecule has 5 nitrogen and oxygen atoms in total. The summed E-state index contributed by atoms with van der Waals surface area (Å²) in [4.78, 5) is 12.4. The highest BCUT2D eigenvalue weighted by Crippen LogP contribution is 2.38. The second-order valence-electron chi connectivity index (χ2n) is 5.42. The van der Waals surface area contributed by atoms with E-state index in [1.807, 2.05) is 26.2 Å². The van der Waals surface area contributed by atoms with Crippen molar-refractivity contribution < 1.29 is 14.3 Å². The Hall–Kier alpha value is -1.95. The van der Waals surface area contributed by atoms with E-state index in [-0.39, 0.29) is 11.8 Å². The minimum atomic E-state index is -0.0372. The van der Waals surface area contributed by atoms with Gasteiger partial charge in [0.15, 0.2) is 11.5 Å². The van der Waals surface area contributed by atoms with Gasteiger partial charge in [-0.2, -0.15) is 5.10 Å². The molecule has 1 amide bonds. The van der Waals surface area contributed by atoms with E-state index in [0.29, 0.717) is 12.2 Å². The van der Waals surface area contributed by atoms with Crippen LogP contribution in [0.1, 0.15) is 25.8 Å². The van der Waals surface area contributed by atoms with Crippen molar-refractivity contribution in [2.24, 2.45) is 11.0 Å². The Morgan fingerprint density at radius 3 is 2.70 bits per heavy atom. The van der Waals surface area contributed by atoms with Crippen LogP contribution in [0.5, 0.6) is 11.5 Å². The number of benzene rings is 1. The number of thioether (sulfide) groups is 1. The molecule has 0 fully saturated rings. The van der Waals surface area contributed by atoms with Crippen molar-refractivity contribution in [1.82, 2.24) is 5.43 Å². The van der Waals surface area contributed by atoms with Gasteiger partial charge in [-0.05, 0) is 42.5 Å². The highest BCUT2D eigenvalue weighted by molar-refractivity contribution is 7.98. The summed E-state index contributed by atoms with van der Waals surface area (Å²) >= 11 is 1.61.